The van der Waals surface area contributed by atoms with E-state index >= 15 is 0 Å². The lowest BCUT2D eigenvalue weighted by Gasteiger charge is -2.36. The number of rotatable bonds is 6. The molecule has 29 heavy (non-hydrogen) atoms. The molecule has 0 saturated carbocycles. The number of benzene rings is 1. The molecular weight excluding hydrogens is 362 g/mol. The molecule has 0 aliphatic carbocycles. The molecule has 2 heterocycles. The van der Waals surface area contributed by atoms with Crippen LogP contribution in [0.25, 0.3) is 0 Å². The van der Waals surface area contributed by atoms with Crippen LogP contribution in [-0.2, 0) is 0 Å². The highest BCUT2D eigenvalue weighted by Crippen LogP contribution is 2.25. The van der Waals surface area contributed by atoms with Gasteiger partial charge in [0.25, 0.3) is 0 Å². The summed E-state index contributed by atoms with van der Waals surface area (Å²) in [6, 6.07) is 10.5. The van der Waals surface area contributed by atoms with Crippen molar-refractivity contribution < 1.29 is 4.79 Å². The highest BCUT2D eigenvalue weighted by Gasteiger charge is 2.26. The Morgan fingerprint density at radius 1 is 1.00 bits per heavy atom. The predicted octanol–water partition coefficient (Wildman–Crippen LogP) is 4.22. The largest absolute Gasteiger partial charge is 0.337 e. The van der Waals surface area contributed by atoms with Crippen molar-refractivity contribution in [2.45, 2.75) is 46.1 Å². The third-order valence-electron chi connectivity index (χ3n) is 5.82. The van der Waals surface area contributed by atoms with Crippen LogP contribution >= 0.6 is 0 Å². The summed E-state index contributed by atoms with van der Waals surface area (Å²) in [5, 5.41) is 3.26. The fourth-order valence-electron chi connectivity index (χ4n) is 3.69. The number of nitrogens with zero attached hydrogens (tertiary/aromatic N) is 4. The Balaban J connectivity index is 1.60. The quantitative estimate of drug-likeness (QED) is 0.795. The van der Waals surface area contributed by atoms with Crippen molar-refractivity contribution in [3.63, 3.8) is 0 Å². The van der Waals surface area contributed by atoms with Gasteiger partial charge in [-0.15, -0.1) is 0 Å². The summed E-state index contributed by atoms with van der Waals surface area (Å²) in [6.07, 6.45) is 4.63. The van der Waals surface area contributed by atoms with E-state index in [2.05, 4.69) is 72.1 Å². The minimum absolute atomic E-state index is 0.00309. The number of piperazine rings is 1. The monoisotopic (exact) mass is 395 g/mol. The summed E-state index contributed by atoms with van der Waals surface area (Å²) in [5.74, 6) is 1.60. The van der Waals surface area contributed by atoms with Crippen LogP contribution in [0.2, 0.25) is 0 Å². The molecule has 2 aromatic rings. The van der Waals surface area contributed by atoms with Crippen LogP contribution < -0.4 is 10.2 Å². The number of carbonyl (C=O) groups excluding carboxylic acids is 1. The molecule has 0 unspecified atom stereocenters. The number of anilines is 1. The molecule has 2 amide bonds. The zero-order valence-electron chi connectivity index (χ0n) is 18.0. The summed E-state index contributed by atoms with van der Waals surface area (Å²) >= 11 is 0. The van der Waals surface area contributed by atoms with Crippen molar-refractivity contribution in [3.8, 4) is 0 Å². The van der Waals surface area contributed by atoms with Crippen molar-refractivity contribution in [3.05, 3.63) is 53.9 Å². The van der Waals surface area contributed by atoms with E-state index in [1.54, 1.807) is 12.4 Å². The van der Waals surface area contributed by atoms with E-state index in [1.165, 1.54) is 5.56 Å². The molecule has 1 aromatic heterocycles. The van der Waals surface area contributed by atoms with Gasteiger partial charge in [0.2, 0.25) is 5.95 Å². The number of urea groups is 1. The first-order valence-electron chi connectivity index (χ1n) is 10.7. The standard InChI is InChI=1S/C23H33N5O/c1-5-18(4)19-7-9-20(10-8-19)21(17(2)3)26-23(29)28-15-13-27(14-16-28)22-24-11-6-12-25-22/h6-12,17-18,21H,5,13-16H2,1-4H3,(H,26,29)/t18-,21+/m0/s1. The van der Waals surface area contributed by atoms with Crippen molar-refractivity contribution >= 4 is 12.0 Å². The molecule has 1 saturated heterocycles. The van der Waals surface area contributed by atoms with Gasteiger partial charge in [-0.05, 0) is 35.4 Å². The normalized spacial score (nSPS) is 16.6. The minimum Gasteiger partial charge on any atom is -0.337 e. The SMILES string of the molecule is CC[C@H](C)c1ccc([C@H](NC(=O)N2CCN(c3ncccn3)CC2)C(C)C)cc1. The van der Waals surface area contributed by atoms with Crippen molar-refractivity contribution in [1.82, 2.24) is 20.2 Å². The molecule has 1 aromatic carbocycles. The zero-order chi connectivity index (χ0) is 20.8. The van der Waals surface area contributed by atoms with Crippen LogP contribution in [0.4, 0.5) is 10.7 Å². The van der Waals surface area contributed by atoms with Gasteiger partial charge in [0.05, 0.1) is 6.04 Å². The smallest absolute Gasteiger partial charge is 0.318 e. The van der Waals surface area contributed by atoms with E-state index in [0.717, 1.165) is 31.0 Å². The molecule has 6 heteroatoms. The second kappa shape index (κ2) is 9.72. The lowest BCUT2D eigenvalue weighted by molar-refractivity contribution is 0.186. The highest BCUT2D eigenvalue weighted by atomic mass is 16.2. The molecule has 1 fully saturated rings. The Morgan fingerprint density at radius 3 is 2.14 bits per heavy atom. The van der Waals surface area contributed by atoms with Gasteiger partial charge in [-0.25, -0.2) is 14.8 Å². The fourth-order valence-corrected chi connectivity index (χ4v) is 3.69. The Hall–Kier alpha value is -2.63. The maximum absolute atomic E-state index is 12.9. The topological polar surface area (TPSA) is 61.4 Å². The maximum Gasteiger partial charge on any atom is 0.318 e. The molecular formula is C23H33N5O. The number of nitrogens with one attached hydrogen (secondary N) is 1. The lowest BCUT2D eigenvalue weighted by atomic mass is 9.92. The Labute approximate surface area is 174 Å². The molecule has 2 atom stereocenters. The molecule has 1 N–H and O–H groups in total. The van der Waals surface area contributed by atoms with Crippen molar-refractivity contribution in [2.75, 3.05) is 31.1 Å². The summed E-state index contributed by atoms with van der Waals surface area (Å²) < 4.78 is 0. The van der Waals surface area contributed by atoms with Crippen LogP contribution in [-0.4, -0.2) is 47.1 Å². The third-order valence-corrected chi connectivity index (χ3v) is 5.82. The lowest BCUT2D eigenvalue weighted by Crippen LogP contribution is -2.53. The number of hydrogen-bond acceptors (Lipinski definition) is 4. The zero-order valence-corrected chi connectivity index (χ0v) is 18.0. The van der Waals surface area contributed by atoms with Crippen molar-refractivity contribution in [2.24, 2.45) is 5.92 Å². The average Bonchev–Trinajstić information content (AvgIpc) is 2.77. The number of aromatic nitrogens is 2. The van der Waals surface area contributed by atoms with E-state index < -0.39 is 0 Å². The molecule has 156 valence electrons. The number of hydrogen-bond donors (Lipinski definition) is 1. The Kier molecular flexibility index (Phi) is 7.07. The van der Waals surface area contributed by atoms with Gasteiger partial charge >= 0.3 is 6.03 Å². The van der Waals surface area contributed by atoms with Crippen molar-refractivity contribution in [1.29, 1.82) is 0 Å². The molecule has 0 bridgehead atoms. The first-order chi connectivity index (χ1) is 14.0. The summed E-state index contributed by atoms with van der Waals surface area (Å²) in [6.45, 7) is 11.6. The van der Waals surface area contributed by atoms with Gasteiger partial charge in [0.15, 0.2) is 0 Å². The summed E-state index contributed by atoms with van der Waals surface area (Å²) in [5.41, 5.74) is 2.51. The predicted molar refractivity (Wildman–Crippen MR) is 117 cm³/mol. The number of amides is 2. The van der Waals surface area contributed by atoms with E-state index in [-0.39, 0.29) is 12.1 Å². The first kappa shape index (κ1) is 21.1. The maximum atomic E-state index is 12.9. The third kappa shape index (κ3) is 5.25. The summed E-state index contributed by atoms with van der Waals surface area (Å²) in [4.78, 5) is 25.5. The van der Waals surface area contributed by atoms with Gasteiger partial charge in [-0.2, -0.15) is 0 Å². The molecule has 0 spiro atoms. The van der Waals surface area contributed by atoms with Crippen LogP contribution in [0.15, 0.2) is 42.7 Å². The minimum atomic E-state index is 0.00309. The van der Waals surface area contributed by atoms with E-state index in [9.17, 15) is 4.79 Å². The van der Waals surface area contributed by atoms with Gasteiger partial charge in [-0.3, -0.25) is 0 Å². The number of carbonyl (C=O) groups is 1. The first-order valence-corrected chi connectivity index (χ1v) is 10.7. The van der Waals surface area contributed by atoms with Gasteiger partial charge in [0.1, 0.15) is 0 Å². The molecule has 3 rings (SSSR count). The van der Waals surface area contributed by atoms with Crippen LogP contribution in [0.3, 0.4) is 0 Å². The van der Waals surface area contributed by atoms with Gasteiger partial charge < -0.3 is 15.1 Å². The van der Waals surface area contributed by atoms with E-state index in [4.69, 9.17) is 0 Å². The molecule has 0 radical (unpaired) electrons. The highest BCUT2D eigenvalue weighted by molar-refractivity contribution is 5.75. The average molecular weight is 396 g/mol. The summed E-state index contributed by atoms with van der Waals surface area (Å²) in [7, 11) is 0. The second-order valence-corrected chi connectivity index (χ2v) is 8.17. The van der Waals surface area contributed by atoms with Gasteiger partial charge in [-0.1, -0.05) is 52.0 Å². The molecule has 6 nitrogen and oxygen atoms in total. The van der Waals surface area contributed by atoms with Crippen LogP contribution in [0.1, 0.15) is 57.2 Å². The van der Waals surface area contributed by atoms with Gasteiger partial charge in [0, 0.05) is 38.6 Å². The van der Waals surface area contributed by atoms with Crippen LogP contribution in [0, 0.1) is 5.92 Å². The Morgan fingerprint density at radius 2 is 1.59 bits per heavy atom. The Bertz CT molecular complexity index is 770. The van der Waals surface area contributed by atoms with E-state index in [0.29, 0.717) is 24.9 Å². The van der Waals surface area contributed by atoms with Crippen LogP contribution in [0.5, 0.6) is 0 Å². The fraction of sp³-hybridized carbons (Fsp3) is 0.522. The second-order valence-electron chi connectivity index (χ2n) is 8.17. The molecule has 1 aliphatic rings. The van der Waals surface area contributed by atoms with E-state index in [1.807, 2.05) is 11.0 Å². The molecule has 1 aliphatic heterocycles.